The molecule has 112 valence electrons. The molecule has 1 saturated heterocycles. The van der Waals surface area contributed by atoms with Gasteiger partial charge in [0.2, 0.25) is 10.0 Å². The van der Waals surface area contributed by atoms with Gasteiger partial charge in [0.25, 0.3) is 0 Å². The molecule has 2 unspecified atom stereocenters. The molecule has 0 amide bonds. The van der Waals surface area contributed by atoms with Crippen molar-refractivity contribution in [2.45, 2.75) is 30.0 Å². The first-order chi connectivity index (χ1) is 9.37. The van der Waals surface area contributed by atoms with Crippen LogP contribution in [0.4, 0.5) is 5.69 Å². The lowest BCUT2D eigenvalue weighted by Gasteiger charge is -2.36. The van der Waals surface area contributed by atoms with Crippen LogP contribution in [0, 0.1) is 0 Å². The van der Waals surface area contributed by atoms with E-state index in [-0.39, 0.29) is 16.2 Å². The summed E-state index contributed by atoms with van der Waals surface area (Å²) >= 11 is 1.80. The number of nitrogens with two attached hydrogens (primary N) is 1. The van der Waals surface area contributed by atoms with Gasteiger partial charge in [-0.05, 0) is 25.1 Å². The maximum Gasteiger partial charge on any atom is 0.243 e. The number of anilines is 1. The number of hydrogen-bond donors (Lipinski definition) is 1. The van der Waals surface area contributed by atoms with E-state index in [1.165, 1.54) is 13.2 Å². The smallest absolute Gasteiger partial charge is 0.243 e. The number of sulfonamides is 1. The van der Waals surface area contributed by atoms with Crippen LogP contribution in [-0.2, 0) is 10.0 Å². The molecule has 1 aliphatic heterocycles. The summed E-state index contributed by atoms with van der Waals surface area (Å²) in [5, 5.41) is 0.286. The highest BCUT2D eigenvalue weighted by Crippen LogP contribution is 2.31. The van der Waals surface area contributed by atoms with Gasteiger partial charge in [0.15, 0.2) is 0 Å². The topological polar surface area (TPSA) is 72.6 Å². The summed E-state index contributed by atoms with van der Waals surface area (Å²) < 4.78 is 32.1. The van der Waals surface area contributed by atoms with E-state index >= 15 is 0 Å². The van der Waals surface area contributed by atoms with Gasteiger partial charge in [0.05, 0.1) is 17.7 Å². The molecule has 0 saturated carbocycles. The lowest BCUT2D eigenvalue weighted by Crippen LogP contribution is -2.47. The van der Waals surface area contributed by atoms with E-state index in [1.807, 2.05) is 6.92 Å². The summed E-state index contributed by atoms with van der Waals surface area (Å²) in [6.07, 6.45) is 0. The second-order valence-electron chi connectivity index (χ2n) is 4.84. The summed E-state index contributed by atoms with van der Waals surface area (Å²) in [6.45, 7) is 4.53. The summed E-state index contributed by atoms with van der Waals surface area (Å²) in [7, 11) is -2.00. The van der Waals surface area contributed by atoms with Crippen LogP contribution < -0.4 is 10.5 Å². The third-order valence-corrected chi connectivity index (χ3v) is 6.95. The van der Waals surface area contributed by atoms with Gasteiger partial charge in [-0.15, -0.1) is 0 Å². The van der Waals surface area contributed by atoms with Crippen LogP contribution in [0.25, 0.3) is 0 Å². The van der Waals surface area contributed by atoms with Gasteiger partial charge in [0, 0.05) is 23.6 Å². The third-order valence-electron chi connectivity index (χ3n) is 3.63. The molecule has 0 aliphatic carbocycles. The molecule has 0 aromatic heterocycles. The lowest BCUT2D eigenvalue weighted by atomic mass is 10.2. The zero-order valence-corrected chi connectivity index (χ0v) is 13.5. The molecule has 1 aliphatic rings. The Morgan fingerprint density at radius 2 is 2.10 bits per heavy atom. The number of nitrogens with zero attached hydrogens (tertiary/aromatic N) is 1. The van der Waals surface area contributed by atoms with Crippen LogP contribution >= 0.6 is 11.8 Å². The first-order valence-electron chi connectivity index (χ1n) is 6.45. The largest absolute Gasteiger partial charge is 0.495 e. The van der Waals surface area contributed by atoms with E-state index in [0.717, 1.165) is 5.75 Å². The summed E-state index contributed by atoms with van der Waals surface area (Å²) in [5.74, 6) is 1.30. The molecule has 1 heterocycles. The van der Waals surface area contributed by atoms with Crippen LogP contribution in [0.1, 0.15) is 13.8 Å². The van der Waals surface area contributed by atoms with Crippen LogP contribution in [-0.4, -0.2) is 43.4 Å². The molecule has 1 aromatic rings. The fourth-order valence-electron chi connectivity index (χ4n) is 2.25. The van der Waals surface area contributed by atoms with Gasteiger partial charge in [-0.25, -0.2) is 8.42 Å². The average Bonchev–Trinajstić information content (AvgIpc) is 2.41. The van der Waals surface area contributed by atoms with Crippen molar-refractivity contribution < 1.29 is 13.2 Å². The molecule has 5 nitrogen and oxygen atoms in total. The molecule has 0 bridgehead atoms. The number of rotatable bonds is 3. The SMILES string of the molecule is COc1ccc(S(=O)(=O)N2CCSC(C)C2C)cc1N. The summed E-state index contributed by atoms with van der Waals surface area (Å²) in [6, 6.07) is 4.58. The summed E-state index contributed by atoms with van der Waals surface area (Å²) in [5.41, 5.74) is 6.14. The van der Waals surface area contributed by atoms with E-state index in [1.54, 1.807) is 28.2 Å². The highest BCUT2D eigenvalue weighted by Gasteiger charge is 2.35. The highest BCUT2D eigenvalue weighted by molar-refractivity contribution is 8.00. The molecule has 2 N–H and O–H groups in total. The van der Waals surface area contributed by atoms with Crippen LogP contribution in [0.15, 0.2) is 23.1 Å². The Labute approximate surface area is 124 Å². The fourth-order valence-corrected chi connectivity index (χ4v) is 5.28. The van der Waals surface area contributed by atoms with Crippen molar-refractivity contribution >= 4 is 27.5 Å². The zero-order valence-electron chi connectivity index (χ0n) is 11.9. The third kappa shape index (κ3) is 2.75. The predicted octanol–water partition coefficient (Wildman–Crippen LogP) is 1.79. The van der Waals surface area contributed by atoms with Gasteiger partial charge >= 0.3 is 0 Å². The fraction of sp³-hybridized carbons (Fsp3) is 0.538. The van der Waals surface area contributed by atoms with Crippen LogP contribution in [0.2, 0.25) is 0 Å². The molecule has 0 radical (unpaired) electrons. The van der Waals surface area contributed by atoms with Crippen molar-refractivity contribution in [2.75, 3.05) is 25.1 Å². The maximum atomic E-state index is 12.7. The molecule has 1 fully saturated rings. The van der Waals surface area contributed by atoms with Gasteiger partial charge in [-0.2, -0.15) is 16.1 Å². The molecular weight excluding hydrogens is 296 g/mol. The predicted molar refractivity (Wildman–Crippen MR) is 82.7 cm³/mol. The van der Waals surface area contributed by atoms with E-state index in [2.05, 4.69) is 6.92 Å². The van der Waals surface area contributed by atoms with Gasteiger partial charge in [-0.3, -0.25) is 0 Å². The number of hydrogen-bond acceptors (Lipinski definition) is 5. The molecule has 2 rings (SSSR count). The highest BCUT2D eigenvalue weighted by atomic mass is 32.2. The van der Waals surface area contributed by atoms with Crippen molar-refractivity contribution in [3.8, 4) is 5.75 Å². The van der Waals surface area contributed by atoms with Gasteiger partial charge < -0.3 is 10.5 Å². The van der Waals surface area contributed by atoms with Crippen molar-refractivity contribution in [2.24, 2.45) is 0 Å². The van der Waals surface area contributed by atoms with Crippen LogP contribution in [0.5, 0.6) is 5.75 Å². The Morgan fingerprint density at radius 1 is 1.40 bits per heavy atom. The Hall–Kier alpha value is -0.920. The Balaban J connectivity index is 2.37. The van der Waals surface area contributed by atoms with Crippen molar-refractivity contribution in [1.82, 2.24) is 4.31 Å². The van der Waals surface area contributed by atoms with E-state index in [0.29, 0.717) is 18.0 Å². The molecular formula is C13H20N2O3S2. The number of benzene rings is 1. The maximum absolute atomic E-state index is 12.7. The monoisotopic (exact) mass is 316 g/mol. The average molecular weight is 316 g/mol. The second kappa shape index (κ2) is 5.83. The number of ether oxygens (including phenoxy) is 1. The molecule has 1 aromatic carbocycles. The normalized spacial score (nSPS) is 24.6. The van der Waals surface area contributed by atoms with E-state index in [4.69, 9.17) is 10.5 Å². The number of nitrogen functional groups attached to an aromatic ring is 1. The van der Waals surface area contributed by atoms with Crippen molar-refractivity contribution in [3.05, 3.63) is 18.2 Å². The van der Waals surface area contributed by atoms with Crippen molar-refractivity contribution in [3.63, 3.8) is 0 Å². The standard InChI is InChI=1S/C13H20N2O3S2/c1-9-10(2)19-7-6-15(9)20(16,17)11-4-5-13(18-3)12(14)8-11/h4-5,8-10H,6-7,14H2,1-3H3. The van der Waals surface area contributed by atoms with Gasteiger partial charge in [-0.1, -0.05) is 6.92 Å². The minimum atomic E-state index is -3.51. The molecule has 7 heteroatoms. The first-order valence-corrected chi connectivity index (χ1v) is 8.93. The Kier molecular flexibility index (Phi) is 4.51. The second-order valence-corrected chi connectivity index (χ2v) is 8.21. The van der Waals surface area contributed by atoms with E-state index in [9.17, 15) is 8.42 Å². The van der Waals surface area contributed by atoms with Crippen LogP contribution in [0.3, 0.4) is 0 Å². The quantitative estimate of drug-likeness (QED) is 0.861. The minimum absolute atomic E-state index is 0.0259. The van der Waals surface area contributed by atoms with Crippen molar-refractivity contribution in [1.29, 1.82) is 0 Å². The lowest BCUT2D eigenvalue weighted by molar-refractivity contribution is 0.340. The Bertz CT molecular complexity index is 589. The molecule has 0 spiro atoms. The molecule has 2 atom stereocenters. The van der Waals surface area contributed by atoms with E-state index < -0.39 is 10.0 Å². The minimum Gasteiger partial charge on any atom is -0.495 e. The Morgan fingerprint density at radius 3 is 2.70 bits per heavy atom. The molecule has 20 heavy (non-hydrogen) atoms. The van der Waals surface area contributed by atoms with Gasteiger partial charge in [0.1, 0.15) is 5.75 Å². The number of thioether (sulfide) groups is 1. The zero-order chi connectivity index (χ0) is 14.9. The number of methoxy groups -OCH3 is 1. The summed E-state index contributed by atoms with van der Waals surface area (Å²) in [4.78, 5) is 0.224. The first kappa shape index (κ1) is 15.5.